The lowest BCUT2D eigenvalue weighted by atomic mass is 10.2. The molecule has 0 saturated heterocycles. The van der Waals surface area contributed by atoms with Gasteiger partial charge in [0.1, 0.15) is 0 Å². The summed E-state index contributed by atoms with van der Waals surface area (Å²) in [5.41, 5.74) is 1.23. The van der Waals surface area contributed by atoms with Crippen molar-refractivity contribution in [3.05, 3.63) is 21.4 Å². The quantitative estimate of drug-likeness (QED) is 0.668. The van der Waals surface area contributed by atoms with Gasteiger partial charge in [0.05, 0.1) is 22.5 Å². The van der Waals surface area contributed by atoms with E-state index in [1.165, 1.54) is 0 Å². The van der Waals surface area contributed by atoms with Gasteiger partial charge in [-0.15, -0.1) is 0 Å². The number of aromatic amines is 1. The lowest BCUT2D eigenvalue weighted by Gasteiger charge is -2.00. The Morgan fingerprint density at radius 1 is 1.64 bits per heavy atom. The molecule has 5 heteroatoms. The van der Waals surface area contributed by atoms with Gasteiger partial charge in [0, 0.05) is 0 Å². The first-order chi connectivity index (χ1) is 6.61. The van der Waals surface area contributed by atoms with Gasteiger partial charge >= 0.3 is 5.97 Å². The molecule has 0 spiro atoms. The molecule has 1 N–H and O–H groups in total. The predicted octanol–water partition coefficient (Wildman–Crippen LogP) is 2.07. The molecule has 1 aromatic rings. The summed E-state index contributed by atoms with van der Waals surface area (Å²) in [4.78, 5) is 24.8. The summed E-state index contributed by atoms with van der Waals surface area (Å²) < 4.78 is 5.45. The Hall–Kier alpha value is -1.10. The number of nitrogens with one attached hydrogen (secondary N) is 1. The van der Waals surface area contributed by atoms with Crippen LogP contribution in [0, 0.1) is 6.92 Å². The average Bonchev–Trinajstić information content (AvgIpc) is 2.43. The standard InChI is InChI=1S/C9H10BrNO3/c1-3-14-9(13)7-5(2)8(10)11-6(7)4-12/h4,11H,3H2,1-2H3. The summed E-state index contributed by atoms with van der Waals surface area (Å²) in [6.45, 7) is 3.74. The lowest BCUT2D eigenvalue weighted by Crippen LogP contribution is -2.07. The van der Waals surface area contributed by atoms with Crippen molar-refractivity contribution < 1.29 is 14.3 Å². The van der Waals surface area contributed by atoms with E-state index >= 15 is 0 Å². The molecule has 0 aromatic carbocycles. The van der Waals surface area contributed by atoms with Crippen LogP contribution in [-0.2, 0) is 4.74 Å². The van der Waals surface area contributed by atoms with Crippen LogP contribution in [0.3, 0.4) is 0 Å². The molecule has 76 valence electrons. The van der Waals surface area contributed by atoms with Crippen molar-refractivity contribution >= 4 is 28.2 Å². The van der Waals surface area contributed by atoms with E-state index in [-0.39, 0.29) is 5.69 Å². The minimum atomic E-state index is -0.478. The third kappa shape index (κ3) is 1.87. The molecule has 0 radical (unpaired) electrons. The van der Waals surface area contributed by atoms with Gasteiger partial charge in [-0.3, -0.25) is 4.79 Å². The Labute approximate surface area is 89.8 Å². The molecule has 0 aliphatic rings. The van der Waals surface area contributed by atoms with Gasteiger partial charge in [-0.05, 0) is 35.3 Å². The van der Waals surface area contributed by atoms with Crippen LogP contribution in [-0.4, -0.2) is 23.8 Å². The van der Waals surface area contributed by atoms with Crippen LogP contribution in [0.2, 0.25) is 0 Å². The molecular weight excluding hydrogens is 250 g/mol. The van der Waals surface area contributed by atoms with Gasteiger partial charge in [0.2, 0.25) is 0 Å². The summed E-state index contributed by atoms with van der Waals surface area (Å²) in [6.07, 6.45) is 0.601. The Morgan fingerprint density at radius 2 is 2.29 bits per heavy atom. The molecule has 0 bridgehead atoms. The number of hydrogen-bond donors (Lipinski definition) is 1. The first-order valence-electron chi connectivity index (χ1n) is 4.12. The summed E-state index contributed by atoms with van der Waals surface area (Å²) in [6, 6.07) is 0. The lowest BCUT2D eigenvalue weighted by molar-refractivity contribution is 0.0523. The normalized spacial score (nSPS) is 9.93. The van der Waals surface area contributed by atoms with Crippen molar-refractivity contribution in [2.24, 2.45) is 0 Å². The second-order valence-electron chi connectivity index (χ2n) is 2.69. The SMILES string of the molecule is CCOC(=O)c1c(C=O)[nH]c(Br)c1C. The minimum absolute atomic E-state index is 0.243. The van der Waals surface area contributed by atoms with Crippen molar-refractivity contribution in [3.63, 3.8) is 0 Å². The zero-order valence-electron chi connectivity index (χ0n) is 7.89. The number of ether oxygens (including phenoxy) is 1. The van der Waals surface area contributed by atoms with Crippen LogP contribution in [0.1, 0.15) is 33.3 Å². The Bertz CT molecular complexity index is 370. The van der Waals surface area contributed by atoms with Gasteiger partial charge in [-0.2, -0.15) is 0 Å². The molecule has 0 amide bonds. The van der Waals surface area contributed by atoms with E-state index in [0.717, 1.165) is 0 Å². The molecule has 1 aromatic heterocycles. The first-order valence-corrected chi connectivity index (χ1v) is 4.91. The summed E-state index contributed by atoms with van der Waals surface area (Å²) in [7, 11) is 0. The maximum atomic E-state index is 11.4. The van der Waals surface area contributed by atoms with Crippen LogP contribution >= 0.6 is 15.9 Å². The Morgan fingerprint density at radius 3 is 2.79 bits per heavy atom. The topological polar surface area (TPSA) is 59.2 Å². The second kappa shape index (κ2) is 4.41. The number of aldehydes is 1. The fourth-order valence-corrected chi connectivity index (χ4v) is 1.55. The van der Waals surface area contributed by atoms with Crippen molar-refractivity contribution in [2.45, 2.75) is 13.8 Å². The maximum Gasteiger partial charge on any atom is 0.340 e. The van der Waals surface area contributed by atoms with E-state index < -0.39 is 5.97 Å². The first kappa shape index (κ1) is 11.0. The molecule has 0 unspecified atom stereocenters. The van der Waals surface area contributed by atoms with E-state index in [1.807, 2.05) is 0 Å². The Balaban J connectivity index is 3.17. The number of carbonyl (C=O) groups is 2. The molecule has 0 fully saturated rings. The van der Waals surface area contributed by atoms with Crippen LogP contribution in [0.4, 0.5) is 0 Å². The highest BCUT2D eigenvalue weighted by Crippen LogP contribution is 2.22. The van der Waals surface area contributed by atoms with Crippen LogP contribution in [0.5, 0.6) is 0 Å². The summed E-state index contributed by atoms with van der Waals surface area (Å²) in [5.74, 6) is -0.478. The van der Waals surface area contributed by atoms with Gasteiger partial charge in [-0.25, -0.2) is 4.79 Å². The molecule has 1 rings (SSSR count). The fraction of sp³-hybridized carbons (Fsp3) is 0.333. The van der Waals surface area contributed by atoms with E-state index in [1.54, 1.807) is 13.8 Å². The zero-order valence-corrected chi connectivity index (χ0v) is 9.47. The van der Waals surface area contributed by atoms with Gasteiger partial charge in [0.15, 0.2) is 6.29 Å². The van der Waals surface area contributed by atoms with Crippen molar-refractivity contribution in [1.29, 1.82) is 0 Å². The highest BCUT2D eigenvalue weighted by atomic mass is 79.9. The van der Waals surface area contributed by atoms with E-state index in [4.69, 9.17) is 4.74 Å². The highest BCUT2D eigenvalue weighted by molar-refractivity contribution is 9.10. The fourth-order valence-electron chi connectivity index (χ4n) is 1.14. The molecule has 4 nitrogen and oxygen atoms in total. The minimum Gasteiger partial charge on any atom is -0.462 e. The van der Waals surface area contributed by atoms with Gasteiger partial charge in [0.25, 0.3) is 0 Å². The van der Waals surface area contributed by atoms with Crippen LogP contribution in [0.25, 0.3) is 0 Å². The molecule has 0 aliphatic carbocycles. The van der Waals surface area contributed by atoms with Gasteiger partial charge in [-0.1, -0.05) is 0 Å². The number of rotatable bonds is 3. The molecule has 1 heterocycles. The van der Waals surface area contributed by atoms with E-state index in [0.29, 0.717) is 28.6 Å². The van der Waals surface area contributed by atoms with Crippen molar-refractivity contribution in [1.82, 2.24) is 4.98 Å². The second-order valence-corrected chi connectivity index (χ2v) is 3.48. The van der Waals surface area contributed by atoms with Crippen LogP contribution in [0.15, 0.2) is 4.60 Å². The average molecular weight is 260 g/mol. The third-order valence-electron chi connectivity index (χ3n) is 1.82. The molecular formula is C9H10BrNO3. The number of carbonyl (C=O) groups excluding carboxylic acids is 2. The molecule has 0 saturated carbocycles. The predicted molar refractivity (Wildman–Crippen MR) is 54.6 cm³/mol. The number of H-pyrrole nitrogens is 1. The highest BCUT2D eigenvalue weighted by Gasteiger charge is 2.19. The van der Waals surface area contributed by atoms with Crippen molar-refractivity contribution in [3.8, 4) is 0 Å². The van der Waals surface area contributed by atoms with Crippen molar-refractivity contribution in [2.75, 3.05) is 6.61 Å². The third-order valence-corrected chi connectivity index (χ3v) is 2.61. The number of halogens is 1. The largest absolute Gasteiger partial charge is 0.462 e. The molecule has 14 heavy (non-hydrogen) atoms. The number of esters is 1. The molecule has 0 atom stereocenters. The Kier molecular flexibility index (Phi) is 3.46. The smallest absolute Gasteiger partial charge is 0.340 e. The molecule has 0 aliphatic heterocycles. The van der Waals surface area contributed by atoms with E-state index in [2.05, 4.69) is 20.9 Å². The van der Waals surface area contributed by atoms with Gasteiger partial charge < -0.3 is 9.72 Å². The number of hydrogen-bond acceptors (Lipinski definition) is 3. The van der Waals surface area contributed by atoms with E-state index in [9.17, 15) is 9.59 Å². The zero-order chi connectivity index (χ0) is 10.7. The summed E-state index contributed by atoms with van der Waals surface area (Å²) in [5, 5.41) is 0. The summed E-state index contributed by atoms with van der Waals surface area (Å²) >= 11 is 3.20. The maximum absolute atomic E-state index is 11.4. The monoisotopic (exact) mass is 259 g/mol. The number of aromatic nitrogens is 1. The van der Waals surface area contributed by atoms with Crippen LogP contribution < -0.4 is 0 Å².